The highest BCUT2D eigenvalue weighted by molar-refractivity contribution is 5.60. The van der Waals surface area contributed by atoms with Gasteiger partial charge in [0.1, 0.15) is 12.1 Å². The van der Waals surface area contributed by atoms with E-state index in [-0.39, 0.29) is 0 Å². The molecule has 0 saturated carbocycles. The van der Waals surface area contributed by atoms with Crippen molar-refractivity contribution in [3.05, 3.63) is 42.6 Å². The third-order valence-corrected chi connectivity index (χ3v) is 2.29. The Bertz CT molecular complexity index is 496. The van der Waals surface area contributed by atoms with E-state index in [0.717, 1.165) is 11.4 Å². The molecule has 0 fully saturated rings. The molecule has 0 saturated heterocycles. The highest BCUT2D eigenvalue weighted by Gasteiger charge is 1.99. The van der Waals surface area contributed by atoms with E-state index in [4.69, 9.17) is 0 Å². The smallest absolute Gasteiger partial charge is 0.218 e. The Morgan fingerprint density at radius 1 is 1.12 bits per heavy atom. The van der Waals surface area contributed by atoms with Crippen LogP contribution in [0, 0.1) is 5.95 Å². The SMILES string of the molecule is CN(C)c1ccc(Nc2cc(F)ncn2)cc1. The lowest BCUT2D eigenvalue weighted by molar-refractivity contribution is 0.580. The Morgan fingerprint density at radius 3 is 2.41 bits per heavy atom. The molecule has 1 aromatic heterocycles. The van der Waals surface area contributed by atoms with Crippen LogP contribution in [0.3, 0.4) is 0 Å². The van der Waals surface area contributed by atoms with Crippen LogP contribution in [0.1, 0.15) is 0 Å². The van der Waals surface area contributed by atoms with E-state index in [1.807, 2.05) is 43.3 Å². The van der Waals surface area contributed by atoms with Crippen LogP contribution in [-0.4, -0.2) is 24.1 Å². The normalized spacial score (nSPS) is 10.1. The summed E-state index contributed by atoms with van der Waals surface area (Å²) in [7, 11) is 3.95. The van der Waals surface area contributed by atoms with Crippen LogP contribution in [0.5, 0.6) is 0 Å². The molecule has 1 aromatic carbocycles. The van der Waals surface area contributed by atoms with Crippen molar-refractivity contribution >= 4 is 17.2 Å². The average Bonchev–Trinajstić information content (AvgIpc) is 2.29. The molecular formula is C12H13FN4. The third kappa shape index (κ3) is 2.90. The first-order chi connectivity index (χ1) is 8.15. The molecule has 0 bridgehead atoms. The van der Waals surface area contributed by atoms with Crippen molar-refractivity contribution in [1.29, 1.82) is 0 Å². The maximum absolute atomic E-state index is 12.8. The highest BCUT2D eigenvalue weighted by atomic mass is 19.1. The van der Waals surface area contributed by atoms with Crippen molar-refractivity contribution in [2.24, 2.45) is 0 Å². The van der Waals surface area contributed by atoms with E-state index in [2.05, 4.69) is 15.3 Å². The quantitative estimate of drug-likeness (QED) is 0.825. The van der Waals surface area contributed by atoms with Gasteiger partial charge < -0.3 is 10.2 Å². The van der Waals surface area contributed by atoms with Crippen LogP contribution < -0.4 is 10.2 Å². The molecule has 2 rings (SSSR count). The summed E-state index contributed by atoms with van der Waals surface area (Å²) < 4.78 is 12.8. The molecule has 4 nitrogen and oxygen atoms in total. The van der Waals surface area contributed by atoms with E-state index in [9.17, 15) is 4.39 Å². The van der Waals surface area contributed by atoms with Crippen LogP contribution in [0.2, 0.25) is 0 Å². The van der Waals surface area contributed by atoms with Gasteiger partial charge in [-0.3, -0.25) is 0 Å². The van der Waals surface area contributed by atoms with Gasteiger partial charge in [0.15, 0.2) is 0 Å². The summed E-state index contributed by atoms with van der Waals surface area (Å²) in [5.74, 6) is -0.109. The number of hydrogen-bond donors (Lipinski definition) is 1. The minimum absolute atomic E-state index is 0.440. The number of benzene rings is 1. The zero-order valence-corrected chi connectivity index (χ0v) is 9.68. The summed E-state index contributed by atoms with van der Waals surface area (Å²) in [6.07, 6.45) is 1.19. The fourth-order valence-electron chi connectivity index (χ4n) is 1.39. The lowest BCUT2D eigenvalue weighted by Gasteiger charge is -2.13. The first kappa shape index (κ1) is 11.3. The molecular weight excluding hydrogens is 219 g/mol. The molecule has 5 heteroatoms. The average molecular weight is 232 g/mol. The fraction of sp³-hybridized carbons (Fsp3) is 0.167. The summed E-state index contributed by atoms with van der Waals surface area (Å²) >= 11 is 0. The van der Waals surface area contributed by atoms with Gasteiger partial charge in [-0.05, 0) is 24.3 Å². The summed E-state index contributed by atoms with van der Waals surface area (Å²) in [6, 6.07) is 9.02. The number of hydrogen-bond acceptors (Lipinski definition) is 4. The lowest BCUT2D eigenvalue weighted by Crippen LogP contribution is -2.08. The molecule has 0 aliphatic heterocycles. The van der Waals surface area contributed by atoms with Gasteiger partial charge >= 0.3 is 0 Å². The fourth-order valence-corrected chi connectivity index (χ4v) is 1.39. The molecule has 0 aliphatic carbocycles. The summed E-state index contributed by atoms with van der Waals surface area (Å²) in [5, 5.41) is 3.00. The van der Waals surface area contributed by atoms with E-state index < -0.39 is 5.95 Å². The standard InChI is InChI=1S/C12H13FN4/c1-17(2)10-5-3-9(4-6-10)16-12-7-11(13)14-8-15-12/h3-8H,1-2H3,(H,14,15,16). The summed E-state index contributed by atoms with van der Waals surface area (Å²) in [4.78, 5) is 9.32. The van der Waals surface area contributed by atoms with Crippen molar-refractivity contribution in [1.82, 2.24) is 9.97 Å². The first-order valence-electron chi connectivity index (χ1n) is 5.17. The van der Waals surface area contributed by atoms with Crippen molar-refractivity contribution < 1.29 is 4.39 Å². The van der Waals surface area contributed by atoms with Crippen molar-refractivity contribution in [2.45, 2.75) is 0 Å². The van der Waals surface area contributed by atoms with E-state index in [1.54, 1.807) is 0 Å². The van der Waals surface area contributed by atoms with Crippen molar-refractivity contribution in [3.8, 4) is 0 Å². The summed E-state index contributed by atoms with van der Waals surface area (Å²) in [5.41, 5.74) is 1.96. The van der Waals surface area contributed by atoms with Crippen LogP contribution in [0.4, 0.5) is 21.6 Å². The Kier molecular flexibility index (Phi) is 3.18. The third-order valence-electron chi connectivity index (χ3n) is 2.29. The zero-order chi connectivity index (χ0) is 12.3. The van der Waals surface area contributed by atoms with Crippen LogP contribution in [0.25, 0.3) is 0 Å². The second-order valence-corrected chi connectivity index (χ2v) is 3.79. The maximum Gasteiger partial charge on any atom is 0.218 e. The second kappa shape index (κ2) is 4.78. The van der Waals surface area contributed by atoms with Gasteiger partial charge in [0.2, 0.25) is 5.95 Å². The molecule has 2 aromatic rings. The van der Waals surface area contributed by atoms with Crippen molar-refractivity contribution in [3.63, 3.8) is 0 Å². The number of anilines is 3. The molecule has 0 radical (unpaired) electrons. The molecule has 1 N–H and O–H groups in total. The van der Waals surface area contributed by atoms with E-state index in [0.29, 0.717) is 5.82 Å². The molecule has 0 unspecified atom stereocenters. The number of nitrogens with one attached hydrogen (secondary N) is 1. The zero-order valence-electron chi connectivity index (χ0n) is 9.68. The molecule has 88 valence electrons. The van der Waals surface area contributed by atoms with E-state index >= 15 is 0 Å². The van der Waals surface area contributed by atoms with Gasteiger partial charge in [0.05, 0.1) is 0 Å². The minimum atomic E-state index is -0.549. The molecule has 17 heavy (non-hydrogen) atoms. The maximum atomic E-state index is 12.8. The number of halogens is 1. The van der Waals surface area contributed by atoms with Gasteiger partial charge in [0, 0.05) is 31.5 Å². The van der Waals surface area contributed by atoms with Crippen molar-refractivity contribution in [2.75, 3.05) is 24.3 Å². The Balaban J connectivity index is 2.14. The molecule has 0 aliphatic rings. The number of aromatic nitrogens is 2. The van der Waals surface area contributed by atoms with Gasteiger partial charge in [-0.1, -0.05) is 0 Å². The molecule has 0 amide bonds. The van der Waals surface area contributed by atoms with E-state index in [1.165, 1.54) is 12.4 Å². The summed E-state index contributed by atoms with van der Waals surface area (Å²) in [6.45, 7) is 0. The Hall–Kier alpha value is -2.17. The number of nitrogens with zero attached hydrogens (tertiary/aromatic N) is 3. The van der Waals surface area contributed by atoms with Gasteiger partial charge in [-0.15, -0.1) is 0 Å². The Labute approximate surface area is 99.1 Å². The molecule has 1 heterocycles. The monoisotopic (exact) mass is 232 g/mol. The van der Waals surface area contributed by atoms with Crippen LogP contribution in [-0.2, 0) is 0 Å². The van der Waals surface area contributed by atoms with Crippen LogP contribution >= 0.6 is 0 Å². The largest absolute Gasteiger partial charge is 0.378 e. The highest BCUT2D eigenvalue weighted by Crippen LogP contribution is 2.18. The lowest BCUT2D eigenvalue weighted by atomic mass is 10.2. The van der Waals surface area contributed by atoms with Gasteiger partial charge in [0.25, 0.3) is 0 Å². The Morgan fingerprint density at radius 2 is 1.82 bits per heavy atom. The predicted molar refractivity (Wildman–Crippen MR) is 66.0 cm³/mol. The number of rotatable bonds is 3. The van der Waals surface area contributed by atoms with Gasteiger partial charge in [-0.25, -0.2) is 9.97 Å². The van der Waals surface area contributed by atoms with Gasteiger partial charge in [-0.2, -0.15) is 4.39 Å². The molecule has 0 atom stereocenters. The molecule has 0 spiro atoms. The minimum Gasteiger partial charge on any atom is -0.378 e. The topological polar surface area (TPSA) is 41.0 Å². The first-order valence-corrected chi connectivity index (χ1v) is 5.17. The second-order valence-electron chi connectivity index (χ2n) is 3.79. The van der Waals surface area contributed by atoms with Crippen LogP contribution in [0.15, 0.2) is 36.7 Å². The predicted octanol–water partition coefficient (Wildman–Crippen LogP) is 2.43.